The van der Waals surface area contributed by atoms with E-state index >= 15 is 0 Å². The van der Waals surface area contributed by atoms with E-state index in [1.807, 2.05) is 6.56 Å². The van der Waals surface area contributed by atoms with Gasteiger partial charge in [-0.1, -0.05) is 0 Å². The first-order chi connectivity index (χ1) is 9.51. The summed E-state index contributed by atoms with van der Waals surface area (Å²) in [6.07, 6.45) is 10.1. The number of halogens is 2. The maximum atomic E-state index is 2.58. The molecule has 0 radical (unpaired) electrons. The van der Waals surface area contributed by atoms with Crippen molar-refractivity contribution in [1.82, 2.24) is 0 Å². The fourth-order valence-electron chi connectivity index (χ4n) is 3.76. The molecule has 0 aliphatic heterocycles. The first-order valence-corrected chi connectivity index (χ1v) is 16.6. The molecule has 22 heavy (non-hydrogen) atoms. The monoisotopic (exact) mass is 520 g/mol. The molecule has 0 aromatic rings. The average molecular weight is 524 g/mol. The van der Waals surface area contributed by atoms with Gasteiger partial charge in [0.1, 0.15) is 0 Å². The van der Waals surface area contributed by atoms with Gasteiger partial charge in [0.2, 0.25) is 0 Å². The third-order valence-corrected chi connectivity index (χ3v) is 22.1. The van der Waals surface area contributed by atoms with E-state index in [4.69, 9.17) is 0 Å². The predicted octanol–water partition coefficient (Wildman–Crippen LogP) is -0.108. The number of allylic oxidation sites excluding steroid dienone is 8. The normalized spacial score (nSPS) is 16.6. The Labute approximate surface area is 166 Å². The summed E-state index contributed by atoms with van der Waals surface area (Å²) in [6.45, 7) is 14.5. The van der Waals surface area contributed by atoms with Crippen LogP contribution >= 0.6 is 0 Å². The number of hydrogen-bond donors (Lipinski definition) is 0. The van der Waals surface area contributed by atoms with Crippen LogP contribution in [0.3, 0.4) is 0 Å². The van der Waals surface area contributed by atoms with Gasteiger partial charge in [-0.05, 0) is 0 Å². The summed E-state index contributed by atoms with van der Waals surface area (Å²) in [5, 5.41) is 0. The Hall–Kier alpha value is 1.02. The third-order valence-electron chi connectivity index (χ3n) is 4.72. The molecule has 0 aromatic heterocycles. The fraction of sp³-hybridized carbons (Fsp3) is 0.556. The molecular formula is C18H28Br2SiZr. The van der Waals surface area contributed by atoms with Crippen LogP contribution in [0.1, 0.15) is 53.4 Å². The van der Waals surface area contributed by atoms with Gasteiger partial charge in [0, 0.05) is 0 Å². The van der Waals surface area contributed by atoms with Gasteiger partial charge >= 0.3 is 133 Å². The first kappa shape index (κ1) is 23.0. The van der Waals surface area contributed by atoms with Crippen LogP contribution in [0.4, 0.5) is 0 Å². The van der Waals surface area contributed by atoms with Crippen LogP contribution < -0.4 is 34.0 Å². The van der Waals surface area contributed by atoms with Gasteiger partial charge in [0.05, 0.1) is 0 Å². The van der Waals surface area contributed by atoms with Crippen molar-refractivity contribution < 1.29 is 54.3 Å². The van der Waals surface area contributed by atoms with Crippen molar-refractivity contribution >= 4 is 5.43 Å². The summed E-state index contributed by atoms with van der Waals surface area (Å²) in [4.78, 5) is 0. The van der Waals surface area contributed by atoms with Crippen molar-refractivity contribution in [3.63, 3.8) is 0 Å². The molecule has 0 atom stereocenters. The van der Waals surface area contributed by atoms with E-state index in [-0.39, 0.29) is 39.4 Å². The van der Waals surface area contributed by atoms with Crippen LogP contribution in [-0.4, -0.2) is 5.43 Å². The van der Waals surface area contributed by atoms with Gasteiger partial charge in [0.25, 0.3) is 0 Å². The van der Waals surface area contributed by atoms with E-state index in [0.717, 1.165) is 0 Å². The van der Waals surface area contributed by atoms with Crippen LogP contribution in [0.15, 0.2) is 41.0 Å². The summed E-state index contributed by atoms with van der Waals surface area (Å²) in [6, 6.07) is 0. The Balaban J connectivity index is 0.00000220. The molecule has 0 saturated carbocycles. The zero-order chi connectivity index (χ0) is 14.9. The van der Waals surface area contributed by atoms with Gasteiger partial charge < -0.3 is 34.0 Å². The summed E-state index contributed by atoms with van der Waals surface area (Å²) >= 11 is -1.57. The van der Waals surface area contributed by atoms with E-state index in [1.54, 1.807) is 22.3 Å². The van der Waals surface area contributed by atoms with Crippen molar-refractivity contribution in [3.05, 3.63) is 41.0 Å². The Bertz CT molecular complexity index is 542. The standard InChI is InChI=1S/2C8H11.C2H6Si.2BrH.Zr/c2*1-3-8-6-4-5-7(8)2;1-3-2;;;/h2*5H,3-4H2,1-2H3;1-2H3;2*1H;/q;;;;;+2/p-2. The zero-order valence-corrected chi connectivity index (χ0v) is 21.4. The van der Waals surface area contributed by atoms with Crippen molar-refractivity contribution in [2.45, 2.75) is 66.5 Å². The predicted molar refractivity (Wildman–Crippen MR) is 88.9 cm³/mol. The molecule has 122 valence electrons. The molecular weight excluding hydrogens is 495 g/mol. The van der Waals surface area contributed by atoms with E-state index in [0.29, 0.717) is 0 Å². The molecule has 2 aliphatic rings. The molecule has 0 saturated heterocycles. The molecule has 2 rings (SSSR count). The van der Waals surface area contributed by atoms with Gasteiger partial charge in [-0.2, -0.15) is 0 Å². The maximum Gasteiger partial charge on any atom is -1.00 e. The summed E-state index contributed by atoms with van der Waals surface area (Å²) in [5.74, 6) is 0. The van der Waals surface area contributed by atoms with Gasteiger partial charge in [-0.3, -0.25) is 0 Å². The molecule has 0 spiro atoms. The zero-order valence-electron chi connectivity index (χ0n) is 14.7. The van der Waals surface area contributed by atoms with Crippen LogP contribution in [0, 0.1) is 0 Å². The molecule has 0 fully saturated rings. The van der Waals surface area contributed by atoms with Gasteiger partial charge in [-0.15, -0.1) is 0 Å². The second kappa shape index (κ2) is 10.1. The van der Waals surface area contributed by atoms with Crippen LogP contribution in [0.25, 0.3) is 0 Å². The Morgan fingerprint density at radius 2 is 1.23 bits per heavy atom. The topological polar surface area (TPSA) is 0 Å². The molecule has 0 amide bonds. The van der Waals surface area contributed by atoms with E-state index in [1.165, 1.54) is 25.7 Å². The van der Waals surface area contributed by atoms with Crippen molar-refractivity contribution in [2.24, 2.45) is 0 Å². The fourth-order valence-corrected chi connectivity index (χ4v) is 22.6. The second-order valence-corrected chi connectivity index (χ2v) is 23.3. The minimum atomic E-state index is -1.57. The largest absolute Gasteiger partial charge is 1.00 e. The summed E-state index contributed by atoms with van der Waals surface area (Å²) < 4.78 is 3.91. The second-order valence-electron chi connectivity index (χ2n) is 6.18. The number of hydrogen-bond acceptors (Lipinski definition) is 0. The minimum Gasteiger partial charge on any atom is -1.00 e. The number of rotatable bonds is 4. The molecule has 0 N–H and O–H groups in total. The quantitative estimate of drug-likeness (QED) is 0.452. The van der Waals surface area contributed by atoms with E-state index < -0.39 is 20.4 Å². The van der Waals surface area contributed by atoms with Crippen LogP contribution in [-0.2, 0) is 20.4 Å². The van der Waals surface area contributed by atoms with Gasteiger partial charge in [-0.25, -0.2) is 0 Å². The average Bonchev–Trinajstić information content (AvgIpc) is 2.94. The summed E-state index contributed by atoms with van der Waals surface area (Å²) in [7, 11) is 0. The molecule has 0 unspecified atom stereocenters. The Morgan fingerprint density at radius 3 is 1.50 bits per heavy atom. The molecule has 0 nitrogen and oxygen atoms in total. The maximum absolute atomic E-state index is 2.58. The van der Waals surface area contributed by atoms with E-state index in [9.17, 15) is 0 Å². The van der Waals surface area contributed by atoms with Crippen molar-refractivity contribution in [1.29, 1.82) is 0 Å². The molecule has 0 heterocycles. The Morgan fingerprint density at radius 1 is 0.864 bits per heavy atom. The van der Waals surface area contributed by atoms with Gasteiger partial charge in [0.15, 0.2) is 0 Å². The Kier molecular flexibility index (Phi) is 10.6. The summed E-state index contributed by atoms with van der Waals surface area (Å²) in [5.41, 5.74) is 6.52. The van der Waals surface area contributed by atoms with Crippen molar-refractivity contribution in [2.75, 3.05) is 0 Å². The van der Waals surface area contributed by atoms with Crippen LogP contribution in [0.5, 0.6) is 0 Å². The molecule has 4 heteroatoms. The van der Waals surface area contributed by atoms with E-state index in [2.05, 4.69) is 52.9 Å². The molecule has 0 bridgehead atoms. The third kappa shape index (κ3) is 4.55. The van der Waals surface area contributed by atoms with Crippen LogP contribution in [0.2, 0.25) is 13.1 Å². The molecule has 2 aliphatic carbocycles. The van der Waals surface area contributed by atoms with Crippen molar-refractivity contribution in [3.8, 4) is 0 Å². The molecule has 0 aromatic carbocycles. The minimum absolute atomic E-state index is 0. The SMILES string of the molecule is CCC1=[C]([Zr+2]([C]2=C(CC)C(C)=CC2)=[Si](C)C)CC=C1C.[Br-].[Br-]. The first-order valence-electron chi connectivity index (χ1n) is 7.97. The smallest absolute Gasteiger partial charge is 1.00 e.